The maximum atomic E-state index is 12.2. The van der Waals surface area contributed by atoms with Crippen LogP contribution in [-0.4, -0.2) is 54.0 Å². The molecule has 1 aromatic carbocycles. The Morgan fingerprint density at radius 1 is 1.30 bits per heavy atom. The Balaban J connectivity index is 1.65. The highest BCUT2D eigenvalue weighted by atomic mass is 32.1. The summed E-state index contributed by atoms with van der Waals surface area (Å²) >= 11 is 1.56. The first-order valence-corrected chi connectivity index (χ1v) is 10.0. The largest absolute Gasteiger partial charge is 0.494 e. The molecule has 0 aliphatic carbocycles. The minimum atomic E-state index is 0.0461. The van der Waals surface area contributed by atoms with Gasteiger partial charge in [0.2, 0.25) is 5.91 Å². The number of hydrogen-bond donors (Lipinski definition) is 1. The molecule has 0 saturated carbocycles. The van der Waals surface area contributed by atoms with Crippen molar-refractivity contribution >= 4 is 22.2 Å². The average molecular weight is 387 g/mol. The number of carbonyl (C=O) groups is 1. The molecule has 0 aliphatic heterocycles. The molecule has 3 aromatic rings. The highest BCUT2D eigenvalue weighted by Gasteiger charge is 2.12. The summed E-state index contributed by atoms with van der Waals surface area (Å²) in [6, 6.07) is 7.92. The van der Waals surface area contributed by atoms with Crippen molar-refractivity contribution in [3.05, 3.63) is 41.5 Å². The van der Waals surface area contributed by atoms with Crippen LogP contribution in [-0.2, 0) is 11.2 Å². The van der Waals surface area contributed by atoms with Gasteiger partial charge in [-0.3, -0.25) is 9.20 Å². The van der Waals surface area contributed by atoms with E-state index < -0.39 is 0 Å². The molecule has 144 valence electrons. The van der Waals surface area contributed by atoms with E-state index in [0.29, 0.717) is 19.6 Å². The van der Waals surface area contributed by atoms with Crippen LogP contribution in [0.5, 0.6) is 5.75 Å². The molecule has 0 saturated heterocycles. The number of ether oxygens (including phenoxy) is 1. The number of thiazole rings is 1. The van der Waals surface area contributed by atoms with Gasteiger partial charge >= 0.3 is 0 Å². The van der Waals surface area contributed by atoms with E-state index in [2.05, 4.69) is 15.2 Å². The quantitative estimate of drug-likeness (QED) is 0.574. The van der Waals surface area contributed by atoms with Crippen LogP contribution in [0.3, 0.4) is 0 Å². The molecule has 27 heavy (non-hydrogen) atoms. The van der Waals surface area contributed by atoms with Crippen LogP contribution in [0, 0.1) is 0 Å². The number of aromatic nitrogens is 2. The fraction of sp³-hybridized carbons (Fsp3) is 0.400. The number of carbonyl (C=O) groups excluding carboxylic acids is 1. The molecule has 0 radical (unpaired) electrons. The Kier molecular flexibility index (Phi) is 6.47. The first-order chi connectivity index (χ1) is 13.1. The van der Waals surface area contributed by atoms with Crippen LogP contribution in [0.2, 0.25) is 0 Å². The second-order valence-electron chi connectivity index (χ2n) is 6.65. The minimum absolute atomic E-state index is 0.0461. The predicted molar refractivity (Wildman–Crippen MR) is 110 cm³/mol. The molecule has 0 spiro atoms. The van der Waals surface area contributed by atoms with E-state index in [9.17, 15) is 4.79 Å². The monoisotopic (exact) mass is 386 g/mol. The van der Waals surface area contributed by atoms with Crippen molar-refractivity contribution in [1.82, 2.24) is 19.6 Å². The molecular formula is C20H26N4O2S. The summed E-state index contributed by atoms with van der Waals surface area (Å²) in [6.07, 6.45) is 3.31. The summed E-state index contributed by atoms with van der Waals surface area (Å²) in [4.78, 5) is 19.9. The number of nitrogens with zero attached hydrogens (tertiary/aromatic N) is 3. The second-order valence-corrected chi connectivity index (χ2v) is 7.48. The van der Waals surface area contributed by atoms with Gasteiger partial charge in [0.25, 0.3) is 0 Å². The van der Waals surface area contributed by atoms with Crippen molar-refractivity contribution in [3.63, 3.8) is 0 Å². The lowest BCUT2D eigenvalue weighted by molar-refractivity contribution is -0.120. The molecule has 2 aromatic heterocycles. The molecule has 0 aliphatic rings. The number of imidazole rings is 1. The van der Waals surface area contributed by atoms with Crippen LogP contribution in [0.25, 0.3) is 16.2 Å². The smallest absolute Gasteiger partial charge is 0.225 e. The molecule has 2 heterocycles. The molecule has 7 heteroatoms. The van der Waals surface area contributed by atoms with Crippen LogP contribution in [0.4, 0.5) is 0 Å². The summed E-state index contributed by atoms with van der Waals surface area (Å²) < 4.78 is 7.50. The molecule has 0 unspecified atom stereocenters. The summed E-state index contributed by atoms with van der Waals surface area (Å²) in [6.45, 7) is 4.29. The summed E-state index contributed by atoms with van der Waals surface area (Å²) in [5.74, 6) is 0.902. The van der Waals surface area contributed by atoms with Crippen LogP contribution in [0.15, 0.2) is 35.8 Å². The Labute approximate surface area is 163 Å². The topological polar surface area (TPSA) is 58.9 Å². The Morgan fingerprint density at radius 2 is 2.07 bits per heavy atom. The van der Waals surface area contributed by atoms with Crippen molar-refractivity contribution in [2.45, 2.75) is 19.8 Å². The second kappa shape index (κ2) is 9.01. The number of amides is 1. The molecular weight excluding hydrogens is 360 g/mol. The minimum Gasteiger partial charge on any atom is -0.494 e. The molecule has 1 amide bonds. The lowest BCUT2D eigenvalue weighted by Gasteiger charge is -2.09. The number of fused-ring (bicyclic) bond motifs is 1. The van der Waals surface area contributed by atoms with Crippen LogP contribution in [0.1, 0.15) is 19.0 Å². The van der Waals surface area contributed by atoms with Crippen LogP contribution >= 0.6 is 11.3 Å². The van der Waals surface area contributed by atoms with Gasteiger partial charge in [0.05, 0.1) is 18.7 Å². The van der Waals surface area contributed by atoms with Crippen LogP contribution < -0.4 is 10.1 Å². The van der Waals surface area contributed by atoms with Gasteiger partial charge in [-0.05, 0) is 58.3 Å². The third-order valence-electron chi connectivity index (χ3n) is 4.19. The van der Waals surface area contributed by atoms with Crippen molar-refractivity contribution < 1.29 is 9.53 Å². The summed E-state index contributed by atoms with van der Waals surface area (Å²) in [5, 5.41) is 4.99. The van der Waals surface area contributed by atoms with Gasteiger partial charge in [-0.25, -0.2) is 4.98 Å². The van der Waals surface area contributed by atoms with Gasteiger partial charge in [0, 0.05) is 29.4 Å². The third-order valence-corrected chi connectivity index (χ3v) is 5.08. The van der Waals surface area contributed by atoms with Gasteiger partial charge in [-0.2, -0.15) is 0 Å². The van der Waals surface area contributed by atoms with E-state index in [4.69, 9.17) is 4.74 Å². The number of nitrogens with one attached hydrogen (secondary N) is 1. The van der Waals surface area contributed by atoms with Crippen molar-refractivity contribution in [1.29, 1.82) is 0 Å². The first-order valence-electron chi connectivity index (χ1n) is 9.17. The Morgan fingerprint density at radius 3 is 2.78 bits per heavy atom. The third kappa shape index (κ3) is 5.08. The highest BCUT2D eigenvalue weighted by molar-refractivity contribution is 7.15. The normalized spacial score (nSPS) is 11.3. The zero-order valence-electron chi connectivity index (χ0n) is 16.1. The molecule has 0 bridgehead atoms. The molecule has 0 atom stereocenters. The number of hydrogen-bond acceptors (Lipinski definition) is 5. The van der Waals surface area contributed by atoms with Crippen molar-refractivity contribution in [2.75, 3.05) is 33.8 Å². The SMILES string of the molecule is CCOc1ccc(-c2cn3c(CC(=O)NCCCN(C)C)csc3n2)cc1. The average Bonchev–Trinajstić information content (AvgIpc) is 3.22. The standard InChI is InChI=1S/C20H26N4O2S/c1-4-26-17-8-6-15(7-9-17)18-13-24-16(14-27-20(24)22-18)12-19(25)21-10-5-11-23(2)3/h6-9,13-14H,4-5,10-12H2,1-3H3,(H,21,25). The van der Waals surface area contributed by atoms with Crippen molar-refractivity contribution in [3.8, 4) is 17.0 Å². The van der Waals surface area contributed by atoms with E-state index >= 15 is 0 Å². The Hall–Kier alpha value is -2.38. The fourth-order valence-electron chi connectivity index (χ4n) is 2.83. The number of rotatable bonds is 9. The van der Waals surface area contributed by atoms with Gasteiger partial charge in [0.15, 0.2) is 4.96 Å². The van der Waals surface area contributed by atoms with E-state index in [-0.39, 0.29) is 5.91 Å². The Bertz CT molecular complexity index is 883. The molecule has 1 N–H and O–H groups in total. The lowest BCUT2D eigenvalue weighted by Crippen LogP contribution is -2.28. The molecule has 0 fully saturated rings. The zero-order chi connectivity index (χ0) is 19.2. The molecule has 6 nitrogen and oxygen atoms in total. The van der Waals surface area contributed by atoms with E-state index in [1.165, 1.54) is 0 Å². The van der Waals surface area contributed by atoms with E-state index in [0.717, 1.165) is 40.6 Å². The summed E-state index contributed by atoms with van der Waals surface area (Å²) in [7, 11) is 4.07. The maximum absolute atomic E-state index is 12.2. The highest BCUT2D eigenvalue weighted by Crippen LogP contribution is 2.25. The predicted octanol–water partition coefficient (Wildman–Crippen LogP) is 3.07. The maximum Gasteiger partial charge on any atom is 0.225 e. The van der Waals surface area contributed by atoms with E-state index in [1.54, 1.807) is 11.3 Å². The zero-order valence-corrected chi connectivity index (χ0v) is 16.9. The van der Waals surface area contributed by atoms with Gasteiger partial charge in [-0.15, -0.1) is 11.3 Å². The van der Waals surface area contributed by atoms with Gasteiger partial charge in [-0.1, -0.05) is 0 Å². The summed E-state index contributed by atoms with van der Waals surface area (Å²) in [5.41, 5.74) is 2.90. The van der Waals surface area contributed by atoms with Gasteiger partial charge in [0.1, 0.15) is 5.75 Å². The first kappa shape index (κ1) is 19.4. The van der Waals surface area contributed by atoms with Crippen molar-refractivity contribution in [2.24, 2.45) is 0 Å². The number of benzene rings is 1. The molecule has 3 rings (SSSR count). The fourth-order valence-corrected chi connectivity index (χ4v) is 3.71. The van der Waals surface area contributed by atoms with Gasteiger partial charge < -0.3 is 15.0 Å². The lowest BCUT2D eigenvalue weighted by atomic mass is 10.1. The van der Waals surface area contributed by atoms with E-state index in [1.807, 2.05) is 61.3 Å².